The second kappa shape index (κ2) is 13.8. The van der Waals surface area contributed by atoms with Gasteiger partial charge in [-0.15, -0.1) is 0 Å². The van der Waals surface area contributed by atoms with Gasteiger partial charge in [-0.3, -0.25) is 9.69 Å². The molecule has 184 valence electrons. The maximum absolute atomic E-state index is 13.1. The number of hydrogen-bond acceptors (Lipinski definition) is 7. The number of halogens is 2. The van der Waals surface area contributed by atoms with Gasteiger partial charge < -0.3 is 31.5 Å². The van der Waals surface area contributed by atoms with Crippen molar-refractivity contribution < 1.29 is 14.6 Å². The monoisotopic (exact) mass is 499 g/mol. The van der Waals surface area contributed by atoms with Crippen LogP contribution in [0.3, 0.4) is 0 Å². The Hall–Kier alpha value is -1.81. The number of amides is 1. The van der Waals surface area contributed by atoms with E-state index in [9.17, 15) is 9.90 Å². The highest BCUT2D eigenvalue weighted by Gasteiger charge is 2.18. The lowest BCUT2D eigenvalue weighted by Gasteiger charge is -2.29. The van der Waals surface area contributed by atoms with E-state index in [1.807, 2.05) is 19.9 Å². The van der Waals surface area contributed by atoms with Crippen LogP contribution in [-0.2, 0) is 16.1 Å². The summed E-state index contributed by atoms with van der Waals surface area (Å²) in [6, 6.07) is 5.38. The Morgan fingerprint density at radius 1 is 1.18 bits per heavy atom. The van der Waals surface area contributed by atoms with Gasteiger partial charge in [0.25, 0.3) is 5.91 Å². The highest BCUT2D eigenvalue weighted by atomic mass is 35.5. The number of aliphatic hydroxyl groups excluding tert-OH is 1. The van der Waals surface area contributed by atoms with Crippen molar-refractivity contribution in [3.8, 4) is 0 Å². The van der Waals surface area contributed by atoms with Crippen LogP contribution in [0.1, 0.15) is 26.3 Å². The molecule has 33 heavy (non-hydrogen) atoms. The Labute approximate surface area is 206 Å². The summed E-state index contributed by atoms with van der Waals surface area (Å²) in [4.78, 5) is 15.2. The third-order valence-corrected chi connectivity index (χ3v) is 5.98. The second-order valence-corrected chi connectivity index (χ2v) is 9.05. The molecular formula is C23H35Cl2N5O3. The molecule has 10 heteroatoms. The van der Waals surface area contributed by atoms with Gasteiger partial charge >= 0.3 is 0 Å². The van der Waals surface area contributed by atoms with Crippen LogP contribution < -0.4 is 21.7 Å². The average molecular weight is 500 g/mol. The van der Waals surface area contributed by atoms with E-state index in [4.69, 9.17) is 33.7 Å². The predicted molar refractivity (Wildman–Crippen MR) is 133 cm³/mol. The summed E-state index contributed by atoms with van der Waals surface area (Å²) in [5.74, 6) is 0.262. The first-order chi connectivity index (χ1) is 15.7. The molecular weight excluding hydrogens is 465 g/mol. The van der Waals surface area contributed by atoms with E-state index in [1.165, 1.54) is 0 Å². The maximum atomic E-state index is 13.1. The largest absolute Gasteiger partial charge is 0.390 e. The third kappa shape index (κ3) is 9.16. The van der Waals surface area contributed by atoms with E-state index in [0.717, 1.165) is 24.2 Å². The first-order valence-corrected chi connectivity index (χ1v) is 11.7. The van der Waals surface area contributed by atoms with E-state index in [0.29, 0.717) is 53.4 Å². The lowest BCUT2D eigenvalue weighted by atomic mass is 10.2. The first-order valence-electron chi connectivity index (χ1n) is 11.0. The summed E-state index contributed by atoms with van der Waals surface area (Å²) in [5.41, 5.74) is 8.69. The smallest absolute Gasteiger partial charge is 0.272 e. The Morgan fingerprint density at radius 2 is 1.88 bits per heavy atom. The number of allylic oxidation sites excluding steroid dienone is 1. The molecule has 1 aliphatic heterocycles. The normalized spacial score (nSPS) is 16.0. The Bertz CT molecular complexity index is 866. The van der Waals surface area contributed by atoms with E-state index in [-0.39, 0.29) is 19.0 Å². The molecule has 0 spiro atoms. The van der Waals surface area contributed by atoms with Gasteiger partial charge in [0, 0.05) is 39.3 Å². The van der Waals surface area contributed by atoms with Gasteiger partial charge in [0.2, 0.25) is 0 Å². The number of nitrogens with two attached hydrogens (primary N) is 1. The zero-order valence-electron chi connectivity index (χ0n) is 19.5. The molecule has 8 nitrogen and oxygen atoms in total. The van der Waals surface area contributed by atoms with Crippen LogP contribution in [0.5, 0.6) is 0 Å². The molecule has 0 radical (unpaired) electrons. The van der Waals surface area contributed by atoms with Gasteiger partial charge in [-0.2, -0.15) is 0 Å². The topological polar surface area (TPSA) is 112 Å². The highest BCUT2D eigenvalue weighted by Crippen LogP contribution is 2.22. The minimum atomic E-state index is -0.632. The number of benzene rings is 1. The van der Waals surface area contributed by atoms with Crippen molar-refractivity contribution in [3.05, 3.63) is 56.5 Å². The van der Waals surface area contributed by atoms with E-state index in [1.54, 1.807) is 19.1 Å². The molecule has 0 aromatic heterocycles. The first kappa shape index (κ1) is 27.4. The minimum Gasteiger partial charge on any atom is -0.390 e. The average Bonchev–Trinajstić information content (AvgIpc) is 2.79. The van der Waals surface area contributed by atoms with Crippen LogP contribution in [0, 0.1) is 0 Å². The quantitative estimate of drug-likeness (QED) is 0.296. The second-order valence-electron chi connectivity index (χ2n) is 8.24. The van der Waals surface area contributed by atoms with Crippen molar-refractivity contribution in [2.24, 2.45) is 5.73 Å². The molecule has 1 atom stereocenters. The van der Waals surface area contributed by atoms with Crippen molar-refractivity contribution in [2.75, 3.05) is 45.9 Å². The molecule has 1 heterocycles. The van der Waals surface area contributed by atoms with Gasteiger partial charge in [0.05, 0.1) is 29.4 Å². The number of morpholine rings is 1. The molecule has 0 saturated carbocycles. The van der Waals surface area contributed by atoms with Crippen LogP contribution in [0.2, 0.25) is 10.0 Å². The molecule has 0 bridgehead atoms. The van der Waals surface area contributed by atoms with E-state index < -0.39 is 6.10 Å². The predicted octanol–water partition coefficient (Wildman–Crippen LogP) is 1.97. The summed E-state index contributed by atoms with van der Waals surface area (Å²) in [6.07, 6.45) is -0.632. The number of carbonyl (C=O) groups is 1. The fourth-order valence-corrected chi connectivity index (χ4v) is 3.58. The zero-order chi connectivity index (χ0) is 24.4. The molecule has 1 fully saturated rings. The summed E-state index contributed by atoms with van der Waals surface area (Å²) < 4.78 is 5.34. The van der Waals surface area contributed by atoms with Crippen LogP contribution in [-0.4, -0.2) is 68.0 Å². The van der Waals surface area contributed by atoms with Gasteiger partial charge in [0.15, 0.2) is 0 Å². The van der Waals surface area contributed by atoms with Crippen molar-refractivity contribution >= 4 is 29.1 Å². The molecule has 1 aliphatic rings. The highest BCUT2D eigenvalue weighted by molar-refractivity contribution is 6.42. The number of β-amino-alcohol motifs (C(OH)–C–C–N with tert-alkyl or cyclic N) is 1. The Kier molecular flexibility index (Phi) is 11.5. The lowest BCUT2D eigenvalue weighted by molar-refractivity contribution is -0.117. The number of ether oxygens (including phenoxy) is 1. The van der Waals surface area contributed by atoms with Crippen LogP contribution in [0.25, 0.3) is 0 Å². The van der Waals surface area contributed by atoms with Gasteiger partial charge in [-0.25, -0.2) is 0 Å². The van der Waals surface area contributed by atoms with Crippen LogP contribution in [0.15, 0.2) is 40.9 Å². The molecule has 2 rings (SSSR count). The van der Waals surface area contributed by atoms with Gasteiger partial charge in [0.1, 0.15) is 11.5 Å². The zero-order valence-corrected chi connectivity index (χ0v) is 21.0. The minimum absolute atomic E-state index is 0.218. The number of nitrogens with one attached hydrogen (secondary N) is 3. The van der Waals surface area contributed by atoms with Gasteiger partial charge in [-0.1, -0.05) is 29.3 Å². The van der Waals surface area contributed by atoms with Crippen LogP contribution in [0.4, 0.5) is 0 Å². The molecule has 0 aliphatic carbocycles. The van der Waals surface area contributed by atoms with Gasteiger partial charge in [-0.05, 0) is 49.6 Å². The van der Waals surface area contributed by atoms with Crippen molar-refractivity contribution in [1.29, 1.82) is 0 Å². The van der Waals surface area contributed by atoms with E-state index in [2.05, 4.69) is 20.9 Å². The number of nitrogens with zero attached hydrogens (tertiary/aromatic N) is 1. The fraction of sp³-hybridized carbons (Fsp3) is 0.522. The maximum Gasteiger partial charge on any atom is 0.272 e. The summed E-state index contributed by atoms with van der Waals surface area (Å²) in [5, 5.41) is 20.6. The Balaban J connectivity index is 1.98. The van der Waals surface area contributed by atoms with Crippen LogP contribution >= 0.6 is 23.2 Å². The standard InChI is InChI=1S/C23H35Cl2N5O3/c1-15(2)22(28-12-17-4-5-19(24)20(25)10-17)29-23(32)21(16(3)11-26)27-13-18(31)14-30-6-8-33-9-7-30/h4-5,10,18,27-28,31H,6-9,11-14,26H2,1-3H3,(H,29,32)/b21-16-. The van der Waals surface area contributed by atoms with Crippen molar-refractivity contribution in [1.82, 2.24) is 20.9 Å². The fourth-order valence-electron chi connectivity index (χ4n) is 3.26. The number of rotatable bonds is 11. The number of aliphatic hydroxyl groups is 1. The molecule has 1 amide bonds. The summed E-state index contributed by atoms with van der Waals surface area (Å²) in [7, 11) is 0. The van der Waals surface area contributed by atoms with Crippen molar-refractivity contribution in [3.63, 3.8) is 0 Å². The molecule has 1 aromatic carbocycles. The number of hydrogen-bond donors (Lipinski definition) is 5. The lowest BCUT2D eigenvalue weighted by Crippen LogP contribution is -2.45. The summed E-state index contributed by atoms with van der Waals surface area (Å²) >= 11 is 12.1. The summed E-state index contributed by atoms with van der Waals surface area (Å²) in [6.45, 7) is 9.92. The molecule has 1 saturated heterocycles. The third-order valence-electron chi connectivity index (χ3n) is 5.24. The van der Waals surface area contributed by atoms with Crippen molar-refractivity contribution in [2.45, 2.75) is 33.4 Å². The SMILES string of the molecule is CC(C)=C(NCc1ccc(Cl)c(Cl)c1)NC(=O)/C(NCC(O)CN1CCOCC1)=C(\C)CN. The number of carbonyl (C=O) groups excluding carboxylic acids is 1. The Morgan fingerprint density at radius 3 is 2.48 bits per heavy atom. The van der Waals surface area contributed by atoms with E-state index >= 15 is 0 Å². The molecule has 1 unspecified atom stereocenters. The molecule has 6 N–H and O–H groups in total. The molecule has 1 aromatic rings.